The van der Waals surface area contributed by atoms with Crippen molar-refractivity contribution < 1.29 is 4.74 Å². The van der Waals surface area contributed by atoms with Crippen molar-refractivity contribution in [3.63, 3.8) is 0 Å². The summed E-state index contributed by atoms with van der Waals surface area (Å²) in [6, 6.07) is 0.594. The Balaban J connectivity index is 2.18. The standard InChI is InChI=1S/C13H21N3O/c1-4-14-11-6-5-10(9(11)2)12-13(17-3)16-8-7-15-12/h7-11,14H,4-6H2,1-3H3. The van der Waals surface area contributed by atoms with Crippen LogP contribution in [0, 0.1) is 5.92 Å². The van der Waals surface area contributed by atoms with Gasteiger partial charge in [0.25, 0.3) is 0 Å². The third-order valence-corrected chi connectivity index (χ3v) is 3.76. The molecule has 0 saturated heterocycles. The lowest BCUT2D eigenvalue weighted by Crippen LogP contribution is -2.32. The van der Waals surface area contributed by atoms with E-state index in [2.05, 4.69) is 29.1 Å². The zero-order valence-electron chi connectivity index (χ0n) is 10.8. The van der Waals surface area contributed by atoms with Gasteiger partial charge in [-0.15, -0.1) is 0 Å². The molecule has 17 heavy (non-hydrogen) atoms. The summed E-state index contributed by atoms with van der Waals surface area (Å²) in [5, 5.41) is 3.54. The van der Waals surface area contributed by atoms with E-state index in [1.807, 2.05) is 0 Å². The van der Waals surface area contributed by atoms with Crippen molar-refractivity contribution in [1.29, 1.82) is 0 Å². The summed E-state index contributed by atoms with van der Waals surface area (Å²) in [5.74, 6) is 1.73. The number of methoxy groups -OCH3 is 1. The molecule has 1 aromatic rings. The summed E-state index contributed by atoms with van der Waals surface area (Å²) in [6.45, 7) is 5.47. The molecule has 0 aliphatic heterocycles. The number of aromatic nitrogens is 2. The highest BCUT2D eigenvalue weighted by Crippen LogP contribution is 2.41. The van der Waals surface area contributed by atoms with Crippen LogP contribution < -0.4 is 10.1 Å². The zero-order chi connectivity index (χ0) is 12.3. The maximum Gasteiger partial charge on any atom is 0.235 e. The molecule has 0 amide bonds. The Bertz CT molecular complexity index is 369. The van der Waals surface area contributed by atoms with Crippen LogP contribution in [0.2, 0.25) is 0 Å². The third kappa shape index (κ3) is 2.41. The molecule has 1 aromatic heterocycles. The molecule has 1 aliphatic rings. The zero-order valence-corrected chi connectivity index (χ0v) is 10.8. The Morgan fingerprint density at radius 1 is 1.35 bits per heavy atom. The predicted molar refractivity (Wildman–Crippen MR) is 67.2 cm³/mol. The van der Waals surface area contributed by atoms with Crippen LogP contribution in [0.3, 0.4) is 0 Å². The van der Waals surface area contributed by atoms with Crippen molar-refractivity contribution in [1.82, 2.24) is 15.3 Å². The summed E-state index contributed by atoms with van der Waals surface area (Å²) >= 11 is 0. The summed E-state index contributed by atoms with van der Waals surface area (Å²) in [4.78, 5) is 8.70. The Kier molecular flexibility index (Phi) is 3.94. The minimum Gasteiger partial charge on any atom is -0.480 e. The molecule has 0 aromatic carbocycles. The van der Waals surface area contributed by atoms with E-state index in [9.17, 15) is 0 Å². The lowest BCUT2D eigenvalue weighted by atomic mass is 9.92. The SMILES string of the molecule is CCNC1CCC(c2nccnc2OC)C1C. The molecule has 2 rings (SSSR count). The second-order valence-electron chi connectivity index (χ2n) is 4.66. The van der Waals surface area contributed by atoms with Crippen LogP contribution >= 0.6 is 0 Å². The first kappa shape index (κ1) is 12.3. The van der Waals surface area contributed by atoms with E-state index in [0.717, 1.165) is 18.7 Å². The average Bonchev–Trinajstić information content (AvgIpc) is 2.72. The molecule has 0 spiro atoms. The minimum atomic E-state index is 0.461. The normalized spacial score (nSPS) is 28.3. The minimum absolute atomic E-state index is 0.461. The fraction of sp³-hybridized carbons (Fsp3) is 0.692. The molecule has 1 aliphatic carbocycles. The molecular weight excluding hydrogens is 214 g/mol. The molecule has 1 N–H and O–H groups in total. The molecule has 1 fully saturated rings. The van der Waals surface area contributed by atoms with Crippen molar-refractivity contribution >= 4 is 0 Å². The fourth-order valence-electron chi connectivity index (χ4n) is 2.85. The molecular formula is C13H21N3O. The van der Waals surface area contributed by atoms with Gasteiger partial charge in [0.05, 0.1) is 7.11 Å². The van der Waals surface area contributed by atoms with Crippen LogP contribution in [0.4, 0.5) is 0 Å². The predicted octanol–water partition coefficient (Wildman–Crippen LogP) is 1.98. The van der Waals surface area contributed by atoms with Gasteiger partial charge in [0.15, 0.2) is 0 Å². The van der Waals surface area contributed by atoms with Gasteiger partial charge < -0.3 is 10.1 Å². The molecule has 0 radical (unpaired) electrons. The van der Waals surface area contributed by atoms with E-state index >= 15 is 0 Å². The van der Waals surface area contributed by atoms with Gasteiger partial charge in [-0.05, 0) is 25.3 Å². The Hall–Kier alpha value is -1.16. The van der Waals surface area contributed by atoms with Gasteiger partial charge in [0.2, 0.25) is 5.88 Å². The van der Waals surface area contributed by atoms with Crippen LogP contribution in [0.15, 0.2) is 12.4 Å². The van der Waals surface area contributed by atoms with E-state index in [0.29, 0.717) is 23.8 Å². The molecule has 4 nitrogen and oxygen atoms in total. The van der Waals surface area contributed by atoms with Crippen LogP contribution in [0.25, 0.3) is 0 Å². The first-order chi connectivity index (χ1) is 8.27. The first-order valence-corrected chi connectivity index (χ1v) is 6.36. The Morgan fingerprint density at radius 3 is 2.82 bits per heavy atom. The summed E-state index contributed by atoms with van der Waals surface area (Å²) in [5.41, 5.74) is 1.02. The van der Waals surface area contributed by atoms with Crippen molar-refractivity contribution in [2.45, 2.75) is 38.6 Å². The number of rotatable bonds is 4. The summed E-state index contributed by atoms with van der Waals surface area (Å²) in [7, 11) is 1.66. The fourth-order valence-corrected chi connectivity index (χ4v) is 2.85. The highest BCUT2D eigenvalue weighted by Gasteiger charge is 2.35. The molecule has 1 saturated carbocycles. The van der Waals surface area contributed by atoms with Gasteiger partial charge >= 0.3 is 0 Å². The largest absolute Gasteiger partial charge is 0.480 e. The van der Waals surface area contributed by atoms with Crippen molar-refractivity contribution in [2.24, 2.45) is 5.92 Å². The first-order valence-electron chi connectivity index (χ1n) is 6.36. The lowest BCUT2D eigenvalue weighted by molar-refractivity contribution is 0.365. The van der Waals surface area contributed by atoms with E-state index < -0.39 is 0 Å². The van der Waals surface area contributed by atoms with Gasteiger partial charge in [-0.1, -0.05) is 13.8 Å². The quantitative estimate of drug-likeness (QED) is 0.867. The maximum atomic E-state index is 5.31. The third-order valence-electron chi connectivity index (χ3n) is 3.76. The summed E-state index contributed by atoms with van der Waals surface area (Å²) in [6.07, 6.45) is 5.81. The number of hydrogen-bond acceptors (Lipinski definition) is 4. The van der Waals surface area contributed by atoms with E-state index in [1.165, 1.54) is 6.42 Å². The van der Waals surface area contributed by atoms with Gasteiger partial charge in [0.1, 0.15) is 5.69 Å². The van der Waals surface area contributed by atoms with Gasteiger partial charge in [-0.25, -0.2) is 4.98 Å². The highest BCUT2D eigenvalue weighted by molar-refractivity contribution is 5.24. The average molecular weight is 235 g/mol. The van der Waals surface area contributed by atoms with Gasteiger partial charge in [-0.3, -0.25) is 4.98 Å². The lowest BCUT2D eigenvalue weighted by Gasteiger charge is -2.21. The van der Waals surface area contributed by atoms with Crippen LogP contribution in [0.1, 0.15) is 38.3 Å². The van der Waals surface area contributed by atoms with E-state index in [1.54, 1.807) is 19.5 Å². The van der Waals surface area contributed by atoms with Crippen molar-refractivity contribution in [2.75, 3.05) is 13.7 Å². The van der Waals surface area contributed by atoms with Gasteiger partial charge in [-0.2, -0.15) is 0 Å². The molecule has 1 heterocycles. The molecule has 3 atom stereocenters. The van der Waals surface area contributed by atoms with Crippen molar-refractivity contribution in [3.05, 3.63) is 18.1 Å². The molecule has 3 unspecified atom stereocenters. The summed E-state index contributed by atoms with van der Waals surface area (Å²) < 4.78 is 5.31. The van der Waals surface area contributed by atoms with Crippen LogP contribution in [-0.4, -0.2) is 29.7 Å². The van der Waals surface area contributed by atoms with Gasteiger partial charge in [0, 0.05) is 24.4 Å². The van der Waals surface area contributed by atoms with Crippen LogP contribution in [0.5, 0.6) is 5.88 Å². The van der Waals surface area contributed by atoms with Crippen molar-refractivity contribution in [3.8, 4) is 5.88 Å². The van der Waals surface area contributed by atoms with Crippen LogP contribution in [-0.2, 0) is 0 Å². The Morgan fingerprint density at radius 2 is 2.12 bits per heavy atom. The molecule has 4 heteroatoms. The number of ether oxygens (including phenoxy) is 1. The second kappa shape index (κ2) is 5.45. The topological polar surface area (TPSA) is 47.0 Å². The monoisotopic (exact) mass is 235 g/mol. The number of hydrogen-bond donors (Lipinski definition) is 1. The Labute approximate surface area is 103 Å². The highest BCUT2D eigenvalue weighted by atomic mass is 16.5. The molecule has 0 bridgehead atoms. The molecule has 94 valence electrons. The smallest absolute Gasteiger partial charge is 0.235 e. The maximum absolute atomic E-state index is 5.31. The van der Waals surface area contributed by atoms with E-state index in [-0.39, 0.29) is 0 Å². The second-order valence-corrected chi connectivity index (χ2v) is 4.66. The number of nitrogens with one attached hydrogen (secondary N) is 1. The number of nitrogens with zero attached hydrogens (tertiary/aromatic N) is 2. The van der Waals surface area contributed by atoms with E-state index in [4.69, 9.17) is 4.74 Å².